The third-order valence-electron chi connectivity index (χ3n) is 3.52. The second-order valence-corrected chi connectivity index (χ2v) is 8.89. The maximum Gasteiger partial charge on any atom is 0.410 e. The molecule has 128 valence electrons. The molecule has 1 saturated heterocycles. The van der Waals surface area contributed by atoms with Crippen LogP contribution in [0.4, 0.5) is 4.79 Å². The number of nitrogens with zero attached hydrogens (tertiary/aromatic N) is 2. The Bertz CT molecular complexity index is 589. The van der Waals surface area contributed by atoms with E-state index in [1.807, 2.05) is 26.8 Å². The van der Waals surface area contributed by atoms with E-state index in [0.717, 1.165) is 19.3 Å². The maximum atomic E-state index is 12.6. The van der Waals surface area contributed by atoms with Crippen LogP contribution in [0.5, 0.6) is 0 Å². The van der Waals surface area contributed by atoms with E-state index in [-0.39, 0.29) is 12.1 Å². The Morgan fingerprint density at radius 2 is 2.17 bits per heavy atom. The molecule has 5 nitrogen and oxygen atoms in total. The van der Waals surface area contributed by atoms with Gasteiger partial charge < -0.3 is 9.64 Å². The number of likely N-dealkylation sites (tertiary alicyclic amines) is 1. The normalized spacial score (nSPS) is 20.2. The maximum absolute atomic E-state index is 12.6. The third kappa shape index (κ3) is 5.57. The molecule has 2 atom stereocenters. The highest BCUT2D eigenvalue weighted by atomic mass is 79.9. The fourth-order valence-corrected chi connectivity index (χ4v) is 4.27. The molecule has 0 unspecified atom stereocenters. The van der Waals surface area contributed by atoms with Gasteiger partial charge in [0, 0.05) is 12.6 Å². The smallest absolute Gasteiger partial charge is 0.410 e. The fraction of sp³-hybridized carbons (Fsp3) is 0.625. The summed E-state index contributed by atoms with van der Waals surface area (Å²) in [5, 5.41) is 0.536. The van der Waals surface area contributed by atoms with E-state index in [4.69, 9.17) is 4.74 Å². The first-order chi connectivity index (χ1) is 10.8. The van der Waals surface area contributed by atoms with Gasteiger partial charge in [-0.2, -0.15) is 0 Å². The van der Waals surface area contributed by atoms with Crippen molar-refractivity contribution < 1.29 is 13.7 Å². The van der Waals surface area contributed by atoms with E-state index >= 15 is 0 Å². The van der Waals surface area contributed by atoms with Gasteiger partial charge in [-0.05, 0) is 68.1 Å². The lowest BCUT2D eigenvalue weighted by Gasteiger charge is -2.36. The van der Waals surface area contributed by atoms with Crippen molar-refractivity contribution >= 4 is 32.8 Å². The van der Waals surface area contributed by atoms with Gasteiger partial charge in [0.25, 0.3) is 0 Å². The molecule has 0 bridgehead atoms. The van der Waals surface area contributed by atoms with E-state index in [9.17, 15) is 9.00 Å². The van der Waals surface area contributed by atoms with Crippen molar-refractivity contribution in [1.29, 1.82) is 0 Å². The summed E-state index contributed by atoms with van der Waals surface area (Å²) >= 11 is 3.29. The molecule has 1 aliphatic heterocycles. The molecule has 0 radical (unpaired) electrons. The summed E-state index contributed by atoms with van der Waals surface area (Å²) in [6, 6.07) is 5.30. The number of ether oxygens (including phenoxy) is 1. The highest BCUT2D eigenvalue weighted by Gasteiger charge is 2.31. The molecule has 0 N–H and O–H groups in total. The zero-order chi connectivity index (χ0) is 17.0. The molecule has 1 aromatic heterocycles. The van der Waals surface area contributed by atoms with Crippen molar-refractivity contribution in [3.63, 3.8) is 0 Å². The minimum Gasteiger partial charge on any atom is -0.444 e. The summed E-state index contributed by atoms with van der Waals surface area (Å²) in [5.74, 6) is 0.392. The first-order valence-electron chi connectivity index (χ1n) is 7.77. The molecule has 1 fully saturated rings. The number of hydrogen-bond acceptors (Lipinski definition) is 4. The first-order valence-corrected chi connectivity index (χ1v) is 9.88. The summed E-state index contributed by atoms with van der Waals surface area (Å²) in [6.07, 6.45) is 2.52. The minimum absolute atomic E-state index is 0.0692. The van der Waals surface area contributed by atoms with Gasteiger partial charge in [0.15, 0.2) is 0 Å². The molecule has 0 spiro atoms. The van der Waals surface area contributed by atoms with Crippen LogP contribution in [0.1, 0.15) is 40.0 Å². The Morgan fingerprint density at radius 3 is 2.83 bits per heavy atom. The van der Waals surface area contributed by atoms with Gasteiger partial charge in [-0.25, -0.2) is 9.78 Å². The topological polar surface area (TPSA) is 59.5 Å². The predicted molar refractivity (Wildman–Crippen MR) is 93.8 cm³/mol. The van der Waals surface area contributed by atoms with Gasteiger partial charge in [0.2, 0.25) is 0 Å². The van der Waals surface area contributed by atoms with Crippen LogP contribution in [0.25, 0.3) is 0 Å². The van der Waals surface area contributed by atoms with Crippen LogP contribution >= 0.6 is 15.9 Å². The summed E-state index contributed by atoms with van der Waals surface area (Å²) < 4.78 is 18.7. The number of halogens is 1. The summed E-state index contributed by atoms with van der Waals surface area (Å²) in [6.45, 7) is 6.22. The molecular formula is C16H23BrN2O3S. The SMILES string of the molecule is CC(C)(C)OC(=O)N1CCCC[C@@H]1C[S@](=O)c1cccc(Br)n1. The van der Waals surface area contributed by atoms with E-state index < -0.39 is 16.4 Å². The molecule has 1 aromatic rings. The molecule has 2 rings (SSSR count). The van der Waals surface area contributed by atoms with E-state index in [0.29, 0.717) is 21.9 Å². The molecule has 1 aliphatic rings. The van der Waals surface area contributed by atoms with Gasteiger partial charge >= 0.3 is 6.09 Å². The van der Waals surface area contributed by atoms with E-state index in [1.165, 1.54) is 0 Å². The monoisotopic (exact) mass is 402 g/mol. The van der Waals surface area contributed by atoms with Crippen LogP contribution in [0, 0.1) is 0 Å². The van der Waals surface area contributed by atoms with E-state index in [2.05, 4.69) is 20.9 Å². The quantitative estimate of drug-likeness (QED) is 0.722. The zero-order valence-corrected chi connectivity index (χ0v) is 16.2. The lowest BCUT2D eigenvalue weighted by Crippen LogP contribution is -2.48. The fourth-order valence-electron chi connectivity index (χ4n) is 2.51. The second kappa shape index (κ2) is 7.75. The van der Waals surface area contributed by atoms with Crippen molar-refractivity contribution in [2.75, 3.05) is 12.3 Å². The van der Waals surface area contributed by atoms with Crippen LogP contribution < -0.4 is 0 Å². The van der Waals surface area contributed by atoms with Crippen LogP contribution in [-0.2, 0) is 15.5 Å². The van der Waals surface area contributed by atoms with Crippen molar-refractivity contribution in [2.24, 2.45) is 0 Å². The molecule has 0 saturated carbocycles. The van der Waals surface area contributed by atoms with Crippen LogP contribution in [0.3, 0.4) is 0 Å². The number of rotatable bonds is 3. The van der Waals surface area contributed by atoms with Gasteiger partial charge in [-0.3, -0.25) is 4.21 Å². The molecule has 0 aromatic carbocycles. The summed E-state index contributed by atoms with van der Waals surface area (Å²) in [5.41, 5.74) is -0.524. The number of hydrogen-bond donors (Lipinski definition) is 0. The van der Waals surface area contributed by atoms with Crippen molar-refractivity contribution in [3.8, 4) is 0 Å². The molecule has 7 heteroatoms. The van der Waals surface area contributed by atoms with Crippen LogP contribution in [0.15, 0.2) is 27.8 Å². The van der Waals surface area contributed by atoms with Crippen LogP contribution in [0.2, 0.25) is 0 Å². The number of pyridine rings is 1. The standard InChI is InChI=1S/C16H23BrN2O3S/c1-16(2,3)22-15(20)19-10-5-4-7-12(19)11-23(21)14-9-6-8-13(17)18-14/h6,8-9,12H,4-5,7,10-11H2,1-3H3/t12-,23+/m1/s1. The van der Waals surface area contributed by atoms with Crippen molar-refractivity contribution in [2.45, 2.75) is 56.7 Å². The zero-order valence-electron chi connectivity index (χ0n) is 13.8. The minimum atomic E-state index is -1.24. The highest BCUT2D eigenvalue weighted by Crippen LogP contribution is 2.22. The Hall–Kier alpha value is -0.950. The Kier molecular flexibility index (Phi) is 6.19. The average molecular weight is 403 g/mol. The van der Waals surface area contributed by atoms with Crippen molar-refractivity contribution in [1.82, 2.24) is 9.88 Å². The first kappa shape index (κ1) is 18.4. The number of carbonyl (C=O) groups excluding carboxylic acids is 1. The van der Waals surface area contributed by atoms with Gasteiger partial charge in [-0.1, -0.05) is 6.07 Å². The van der Waals surface area contributed by atoms with Gasteiger partial charge in [0.05, 0.1) is 16.6 Å². The molecule has 0 aliphatic carbocycles. The Morgan fingerprint density at radius 1 is 1.43 bits per heavy atom. The lowest BCUT2D eigenvalue weighted by atomic mass is 10.0. The van der Waals surface area contributed by atoms with E-state index in [1.54, 1.807) is 17.0 Å². The van der Waals surface area contributed by atoms with Crippen molar-refractivity contribution in [3.05, 3.63) is 22.8 Å². The van der Waals surface area contributed by atoms with Gasteiger partial charge in [-0.15, -0.1) is 0 Å². The lowest BCUT2D eigenvalue weighted by molar-refractivity contribution is 0.0125. The molecular weight excluding hydrogens is 380 g/mol. The molecule has 1 amide bonds. The second-order valence-electron chi connectivity index (χ2n) is 6.63. The summed E-state index contributed by atoms with van der Waals surface area (Å²) in [7, 11) is -1.24. The average Bonchev–Trinajstić information content (AvgIpc) is 2.46. The number of carbonyl (C=O) groups is 1. The third-order valence-corrected chi connectivity index (χ3v) is 5.34. The van der Waals surface area contributed by atoms with Gasteiger partial charge in [0.1, 0.15) is 15.2 Å². The summed E-state index contributed by atoms with van der Waals surface area (Å²) in [4.78, 5) is 18.4. The van der Waals surface area contributed by atoms with Crippen LogP contribution in [-0.4, -0.2) is 44.1 Å². The number of piperidine rings is 1. The predicted octanol–water partition coefficient (Wildman–Crippen LogP) is 3.74. The number of aromatic nitrogens is 1. The largest absolute Gasteiger partial charge is 0.444 e. The highest BCUT2D eigenvalue weighted by molar-refractivity contribution is 9.10. The molecule has 23 heavy (non-hydrogen) atoms. The number of amides is 1. The Balaban J connectivity index is 2.06. The molecule has 2 heterocycles. The Labute approximate surface area is 148 Å².